The summed E-state index contributed by atoms with van der Waals surface area (Å²) in [6.07, 6.45) is 1.52. The summed E-state index contributed by atoms with van der Waals surface area (Å²) in [4.78, 5) is 4.85. The van der Waals surface area contributed by atoms with Crippen molar-refractivity contribution in [3.05, 3.63) is 28.2 Å². The molecule has 0 spiro atoms. The van der Waals surface area contributed by atoms with Crippen LogP contribution in [0.25, 0.3) is 0 Å². The molecule has 0 saturated heterocycles. The van der Waals surface area contributed by atoms with Gasteiger partial charge >= 0.3 is 10.2 Å². The smallest absolute Gasteiger partial charge is 0.203 e. The van der Waals surface area contributed by atoms with E-state index in [0.717, 1.165) is 16.2 Å². The third kappa shape index (κ3) is 2.80. The van der Waals surface area contributed by atoms with E-state index in [1.807, 2.05) is 11.4 Å². The minimum absolute atomic E-state index is 0.246. The van der Waals surface area contributed by atoms with Crippen LogP contribution in [0.5, 0.6) is 0 Å². The molecule has 0 aromatic carbocycles. The zero-order valence-electron chi connectivity index (χ0n) is 12.4. The number of sulfonamides is 1. The van der Waals surface area contributed by atoms with E-state index in [0.29, 0.717) is 17.1 Å². The van der Waals surface area contributed by atoms with Crippen molar-refractivity contribution in [1.82, 2.24) is 22.8 Å². The van der Waals surface area contributed by atoms with E-state index >= 15 is 0 Å². The number of hydrogen-bond acceptors (Lipinski definition) is 7. The largest absolute Gasteiger partial charge is 0.323 e. The maximum atomic E-state index is 12.6. The molecule has 0 amide bonds. The monoisotopic (exact) mass is 377 g/mol. The minimum Gasteiger partial charge on any atom is -0.203 e. The maximum Gasteiger partial charge on any atom is 0.323 e. The Morgan fingerprint density at radius 1 is 1.26 bits per heavy atom. The van der Waals surface area contributed by atoms with E-state index in [4.69, 9.17) is 0 Å². The van der Waals surface area contributed by atoms with Gasteiger partial charge in [-0.25, -0.2) is 13.4 Å². The number of thiophene rings is 1. The van der Waals surface area contributed by atoms with Crippen LogP contribution in [0, 0.1) is 0 Å². The molecule has 0 fully saturated rings. The van der Waals surface area contributed by atoms with Gasteiger partial charge in [0.25, 0.3) is 15.2 Å². The van der Waals surface area contributed by atoms with Crippen LogP contribution in [0.3, 0.4) is 0 Å². The highest BCUT2D eigenvalue weighted by molar-refractivity contribution is 7.89. The first-order chi connectivity index (χ1) is 10.7. The van der Waals surface area contributed by atoms with Gasteiger partial charge in [-0.2, -0.15) is 17.0 Å². The molecule has 0 bridgehead atoms. The average Bonchev–Trinajstić information content (AvgIpc) is 3.15. The Bertz CT molecular complexity index is 929. The molecule has 2 aromatic heterocycles. The molecule has 3 heterocycles. The fourth-order valence-electron chi connectivity index (χ4n) is 2.17. The summed E-state index contributed by atoms with van der Waals surface area (Å²) in [6.45, 7) is 0.570. The highest BCUT2D eigenvalue weighted by Crippen LogP contribution is 2.27. The third-order valence-electron chi connectivity index (χ3n) is 3.49. The highest BCUT2D eigenvalue weighted by atomic mass is 32.2. The predicted octanol–water partition coefficient (Wildman–Crippen LogP) is -0.259. The van der Waals surface area contributed by atoms with Crippen molar-refractivity contribution in [2.24, 2.45) is 0 Å². The Labute approximate surface area is 138 Å². The third-order valence-corrected chi connectivity index (χ3v) is 7.73. The summed E-state index contributed by atoms with van der Waals surface area (Å²) >= 11 is 1.60. The second kappa shape index (κ2) is 5.63. The molecule has 0 atom stereocenters. The highest BCUT2D eigenvalue weighted by Gasteiger charge is 2.33. The predicted molar refractivity (Wildman–Crippen MR) is 83.6 cm³/mol. The molecule has 23 heavy (non-hydrogen) atoms. The summed E-state index contributed by atoms with van der Waals surface area (Å²) in [5.41, 5.74) is 0.963. The van der Waals surface area contributed by atoms with Crippen LogP contribution in [0.1, 0.15) is 10.4 Å². The fourth-order valence-corrected chi connectivity index (χ4v) is 5.04. The molecular weight excluding hydrogens is 362 g/mol. The Hall–Kier alpha value is -1.34. The summed E-state index contributed by atoms with van der Waals surface area (Å²) < 4.78 is 51.9. The maximum absolute atomic E-state index is 12.6. The van der Waals surface area contributed by atoms with E-state index in [1.165, 1.54) is 23.3 Å². The van der Waals surface area contributed by atoms with Gasteiger partial charge in [0.15, 0.2) is 0 Å². The molecule has 3 rings (SSSR count). The van der Waals surface area contributed by atoms with Gasteiger partial charge in [0.1, 0.15) is 6.33 Å². The summed E-state index contributed by atoms with van der Waals surface area (Å²) in [5.74, 6) is 0. The van der Waals surface area contributed by atoms with Crippen LogP contribution < -0.4 is 0 Å². The lowest BCUT2D eigenvalue weighted by molar-refractivity contribution is 0.390. The molecule has 126 valence electrons. The molecule has 2 aromatic rings. The topological polar surface area (TPSA) is 105 Å². The summed E-state index contributed by atoms with van der Waals surface area (Å²) in [7, 11) is -5.17. The van der Waals surface area contributed by atoms with Gasteiger partial charge in [-0.15, -0.1) is 20.5 Å². The van der Waals surface area contributed by atoms with Crippen LogP contribution in [0.2, 0.25) is 0 Å². The summed E-state index contributed by atoms with van der Waals surface area (Å²) in [5, 5.41) is 5.06. The van der Waals surface area contributed by atoms with Gasteiger partial charge < -0.3 is 0 Å². The van der Waals surface area contributed by atoms with Gasteiger partial charge in [0, 0.05) is 32.1 Å². The molecular formula is C11H15N5O4S3. The second-order valence-corrected chi connectivity index (χ2v) is 9.98. The Kier molecular flexibility index (Phi) is 4.04. The molecule has 0 radical (unpaired) electrons. The second-order valence-electron chi connectivity index (χ2n) is 5.15. The van der Waals surface area contributed by atoms with E-state index in [-0.39, 0.29) is 6.54 Å². The minimum atomic E-state index is -3.94. The van der Waals surface area contributed by atoms with Gasteiger partial charge in [-0.1, -0.05) is 0 Å². The van der Waals surface area contributed by atoms with Crippen molar-refractivity contribution in [3.8, 4) is 0 Å². The lowest BCUT2D eigenvalue weighted by Gasteiger charge is -2.24. The lowest BCUT2D eigenvalue weighted by atomic mass is 10.1. The van der Waals surface area contributed by atoms with Gasteiger partial charge in [-0.05, 0) is 23.4 Å². The van der Waals surface area contributed by atoms with Crippen molar-refractivity contribution in [1.29, 1.82) is 0 Å². The van der Waals surface area contributed by atoms with Crippen molar-refractivity contribution >= 4 is 31.6 Å². The van der Waals surface area contributed by atoms with Gasteiger partial charge in [0.05, 0.1) is 0 Å². The zero-order chi connectivity index (χ0) is 16.8. The normalized spacial score (nSPS) is 16.7. The van der Waals surface area contributed by atoms with Crippen LogP contribution in [0.15, 0.2) is 22.9 Å². The van der Waals surface area contributed by atoms with Crippen molar-refractivity contribution < 1.29 is 16.8 Å². The average molecular weight is 377 g/mol. The summed E-state index contributed by atoms with van der Waals surface area (Å²) in [6, 6.07) is 1.89. The first-order valence-corrected chi connectivity index (χ1v) is 10.3. The fraction of sp³-hybridized carbons (Fsp3) is 0.455. The van der Waals surface area contributed by atoms with Crippen molar-refractivity contribution in [2.75, 3.05) is 20.6 Å². The number of fused-ring (bicyclic) bond motifs is 1. The molecule has 9 nitrogen and oxygen atoms in total. The van der Waals surface area contributed by atoms with Crippen LogP contribution in [-0.4, -0.2) is 60.3 Å². The first kappa shape index (κ1) is 16.5. The lowest BCUT2D eigenvalue weighted by Crippen LogP contribution is -2.36. The number of nitrogens with zero attached hydrogens (tertiary/aromatic N) is 5. The molecule has 1 aliphatic heterocycles. The number of aromatic nitrogens is 3. The van der Waals surface area contributed by atoms with Crippen LogP contribution >= 0.6 is 11.3 Å². The Morgan fingerprint density at radius 3 is 2.70 bits per heavy atom. The molecule has 0 aliphatic carbocycles. The quantitative estimate of drug-likeness (QED) is 0.727. The molecule has 0 N–H and O–H groups in total. The van der Waals surface area contributed by atoms with Crippen LogP contribution in [-0.2, 0) is 33.2 Å². The number of hydrogen-bond donors (Lipinski definition) is 0. The number of rotatable bonds is 4. The first-order valence-electron chi connectivity index (χ1n) is 6.63. The van der Waals surface area contributed by atoms with E-state index in [1.54, 1.807) is 11.3 Å². The van der Waals surface area contributed by atoms with Gasteiger partial charge in [0.2, 0.25) is 0 Å². The Balaban J connectivity index is 1.92. The molecule has 1 aliphatic rings. The standard InChI is InChI=1S/C11H15N5O4S3/c1-14(2)23(19,20)16-8-12-11(13-16)22(17,18)15-5-3-10-9(7-15)4-6-21-10/h4,6,8H,3,5,7H2,1-2H3. The molecule has 12 heteroatoms. The van der Waals surface area contributed by atoms with Crippen molar-refractivity contribution in [2.45, 2.75) is 18.1 Å². The Morgan fingerprint density at radius 2 is 2.00 bits per heavy atom. The van der Waals surface area contributed by atoms with E-state index in [9.17, 15) is 16.8 Å². The zero-order valence-corrected chi connectivity index (χ0v) is 14.9. The SMILES string of the molecule is CN(C)S(=O)(=O)n1cnc(S(=O)(=O)N2CCc3sccc3C2)n1. The molecule has 0 unspecified atom stereocenters. The van der Waals surface area contributed by atoms with Crippen molar-refractivity contribution in [3.63, 3.8) is 0 Å². The van der Waals surface area contributed by atoms with E-state index in [2.05, 4.69) is 10.1 Å². The van der Waals surface area contributed by atoms with Gasteiger partial charge in [-0.3, -0.25) is 0 Å². The van der Waals surface area contributed by atoms with Crippen LogP contribution in [0.4, 0.5) is 0 Å². The molecule has 0 saturated carbocycles. The van der Waals surface area contributed by atoms with E-state index < -0.39 is 25.4 Å².